The van der Waals surface area contributed by atoms with Crippen LogP contribution in [-0.4, -0.2) is 72.5 Å². The molecule has 2 fully saturated rings. The normalized spacial score (nSPS) is 27.8. The molecule has 0 bridgehead atoms. The molecule has 1 aromatic rings. The minimum atomic E-state index is -0.464. The number of carbonyl (C=O) groups is 1. The molecule has 2 saturated heterocycles. The number of likely N-dealkylation sites (tertiary alicyclic amines) is 2. The number of aliphatic hydroxyl groups is 1. The summed E-state index contributed by atoms with van der Waals surface area (Å²) in [5.41, 5.74) is 0. The minimum absolute atomic E-state index is 0.00559. The molecule has 0 unspecified atom stereocenters. The minimum Gasteiger partial charge on any atom is -0.459 e. The third-order valence-electron chi connectivity index (χ3n) is 7.15. The highest BCUT2D eigenvalue weighted by Gasteiger charge is 2.39. The van der Waals surface area contributed by atoms with Crippen LogP contribution in [0.1, 0.15) is 62.7 Å². The topological polar surface area (TPSA) is 62.2 Å². The largest absolute Gasteiger partial charge is 0.459 e. The first-order valence-corrected chi connectivity index (χ1v) is 13.3. The van der Waals surface area contributed by atoms with E-state index in [2.05, 4.69) is 22.4 Å². The van der Waals surface area contributed by atoms with Crippen molar-refractivity contribution in [1.29, 1.82) is 0 Å². The Hall–Kier alpha value is -1.41. The van der Waals surface area contributed by atoms with Gasteiger partial charge in [-0.25, -0.2) is 0 Å². The van der Waals surface area contributed by atoms with E-state index in [1.165, 1.54) is 37.2 Å². The highest BCUT2D eigenvalue weighted by Crippen LogP contribution is 2.41. The van der Waals surface area contributed by atoms with Crippen molar-refractivity contribution in [2.24, 2.45) is 5.92 Å². The summed E-state index contributed by atoms with van der Waals surface area (Å²) in [6, 6.07) is 4.78. The lowest BCUT2D eigenvalue weighted by molar-refractivity contribution is -0.170. The van der Waals surface area contributed by atoms with Crippen molar-refractivity contribution < 1.29 is 19.4 Å². The van der Waals surface area contributed by atoms with Crippen LogP contribution in [0.25, 0.3) is 0 Å². The highest BCUT2D eigenvalue weighted by molar-refractivity contribution is 7.10. The third kappa shape index (κ3) is 5.56. The van der Waals surface area contributed by atoms with Crippen molar-refractivity contribution in [3.63, 3.8) is 0 Å². The van der Waals surface area contributed by atoms with Gasteiger partial charge in [-0.1, -0.05) is 12.5 Å². The van der Waals surface area contributed by atoms with Gasteiger partial charge in [0.25, 0.3) is 5.91 Å². The number of hydrogen-bond donors (Lipinski definition) is 1. The molecule has 3 aliphatic rings. The zero-order valence-electron chi connectivity index (χ0n) is 19.3. The van der Waals surface area contributed by atoms with Gasteiger partial charge in [0.2, 0.25) is 6.29 Å². The van der Waals surface area contributed by atoms with Crippen LogP contribution >= 0.6 is 11.3 Å². The molecule has 0 radical (unpaired) electrons. The summed E-state index contributed by atoms with van der Waals surface area (Å²) >= 11 is 1.70. The molecule has 7 heteroatoms. The van der Waals surface area contributed by atoms with Gasteiger partial charge in [-0.2, -0.15) is 0 Å². The Morgan fingerprint density at radius 1 is 1.22 bits per heavy atom. The Balaban J connectivity index is 1.47. The van der Waals surface area contributed by atoms with Crippen LogP contribution in [-0.2, 0) is 14.3 Å². The molecule has 0 saturated carbocycles. The van der Waals surface area contributed by atoms with E-state index < -0.39 is 6.29 Å². The monoisotopic (exact) mass is 462 g/mol. The predicted octanol–water partition coefficient (Wildman–Crippen LogP) is 3.97. The number of carbonyl (C=O) groups excluding carboxylic acids is 1. The smallest absolute Gasteiger partial charge is 0.288 e. The number of ether oxygens (including phenoxy) is 2. The van der Waals surface area contributed by atoms with E-state index in [9.17, 15) is 9.90 Å². The molecule has 1 amide bonds. The molecule has 1 aromatic heterocycles. The van der Waals surface area contributed by atoms with Crippen molar-refractivity contribution in [2.45, 2.75) is 70.1 Å². The quantitative estimate of drug-likeness (QED) is 0.633. The molecular weight excluding hydrogens is 424 g/mol. The van der Waals surface area contributed by atoms with Crippen LogP contribution < -0.4 is 0 Å². The van der Waals surface area contributed by atoms with Gasteiger partial charge in [0.1, 0.15) is 0 Å². The molecule has 4 rings (SSSR count). The predicted molar refractivity (Wildman–Crippen MR) is 126 cm³/mol. The summed E-state index contributed by atoms with van der Waals surface area (Å²) < 4.78 is 12.2. The van der Waals surface area contributed by atoms with Gasteiger partial charge in [0.15, 0.2) is 5.76 Å². The Kier molecular flexibility index (Phi) is 8.63. The summed E-state index contributed by atoms with van der Waals surface area (Å²) in [5.74, 6) is 0.575. The lowest BCUT2D eigenvalue weighted by Crippen LogP contribution is -2.49. The van der Waals surface area contributed by atoms with E-state index in [0.29, 0.717) is 24.8 Å². The van der Waals surface area contributed by atoms with E-state index in [0.717, 1.165) is 32.4 Å². The maximum Gasteiger partial charge on any atom is 0.288 e. The second-order valence-corrected chi connectivity index (χ2v) is 10.1. The third-order valence-corrected chi connectivity index (χ3v) is 8.13. The van der Waals surface area contributed by atoms with Crippen molar-refractivity contribution in [1.82, 2.24) is 9.80 Å². The van der Waals surface area contributed by atoms with E-state index in [4.69, 9.17) is 9.47 Å². The summed E-state index contributed by atoms with van der Waals surface area (Å²) in [6.45, 7) is 6.63. The molecule has 6 nitrogen and oxygen atoms in total. The van der Waals surface area contributed by atoms with Gasteiger partial charge in [-0.05, 0) is 76.1 Å². The second-order valence-electron chi connectivity index (χ2n) is 9.16. The number of allylic oxidation sites excluding steroid dienone is 1. The van der Waals surface area contributed by atoms with Crippen LogP contribution in [0.5, 0.6) is 0 Å². The first kappa shape index (κ1) is 23.7. The van der Waals surface area contributed by atoms with Gasteiger partial charge < -0.3 is 24.4 Å². The van der Waals surface area contributed by atoms with E-state index in [1.807, 2.05) is 17.9 Å². The molecule has 32 heavy (non-hydrogen) atoms. The van der Waals surface area contributed by atoms with E-state index >= 15 is 0 Å². The fourth-order valence-corrected chi connectivity index (χ4v) is 6.31. The van der Waals surface area contributed by atoms with Crippen LogP contribution in [0.2, 0.25) is 0 Å². The standard InChI is InChI=1S/C25H38N2O4S/c1-2-30-25-20(8-6-16-28)21(23-9-7-17-32-23)18-22(31-25)24(29)27-14-10-19(11-15-27)26-12-4-3-5-13-26/h7,9,17-21,25,28H,2-6,8,10-16H2,1H3/t20-,21+,25-/m1/s1. The van der Waals surface area contributed by atoms with E-state index in [1.54, 1.807) is 11.3 Å². The van der Waals surface area contributed by atoms with Gasteiger partial charge in [-0.15, -0.1) is 11.3 Å². The Morgan fingerprint density at radius 3 is 2.66 bits per heavy atom. The summed E-state index contributed by atoms with van der Waals surface area (Å²) in [5, 5.41) is 11.5. The SMILES string of the molecule is CCO[C@@H]1OC(C(=O)N2CCC(N3CCCCC3)CC2)=C[C@H](c2cccs2)[C@H]1CCCO. The molecule has 0 aromatic carbocycles. The number of rotatable bonds is 8. The van der Waals surface area contributed by atoms with Gasteiger partial charge in [-0.3, -0.25) is 4.79 Å². The van der Waals surface area contributed by atoms with Crippen molar-refractivity contribution >= 4 is 17.2 Å². The van der Waals surface area contributed by atoms with Crippen LogP contribution in [0, 0.1) is 5.92 Å². The lowest BCUT2D eigenvalue weighted by Gasteiger charge is -2.41. The fourth-order valence-electron chi connectivity index (χ4n) is 5.44. The average molecular weight is 463 g/mol. The van der Waals surface area contributed by atoms with E-state index in [-0.39, 0.29) is 24.3 Å². The van der Waals surface area contributed by atoms with Crippen LogP contribution in [0.15, 0.2) is 29.3 Å². The maximum atomic E-state index is 13.4. The van der Waals surface area contributed by atoms with Crippen molar-refractivity contribution in [2.75, 3.05) is 39.4 Å². The first-order chi connectivity index (χ1) is 15.7. The number of hydrogen-bond acceptors (Lipinski definition) is 6. The molecule has 0 spiro atoms. The van der Waals surface area contributed by atoms with Gasteiger partial charge in [0, 0.05) is 49.1 Å². The fraction of sp³-hybridized carbons (Fsp3) is 0.720. The molecule has 4 heterocycles. The number of nitrogens with zero attached hydrogens (tertiary/aromatic N) is 2. The van der Waals surface area contributed by atoms with Crippen molar-refractivity contribution in [3.05, 3.63) is 34.2 Å². The molecular formula is C25H38N2O4S. The second kappa shape index (κ2) is 11.6. The number of aliphatic hydroxyl groups excluding tert-OH is 1. The summed E-state index contributed by atoms with van der Waals surface area (Å²) in [7, 11) is 0. The summed E-state index contributed by atoms with van der Waals surface area (Å²) in [4.78, 5) is 19.3. The zero-order valence-corrected chi connectivity index (χ0v) is 20.1. The Bertz CT molecular complexity index is 739. The highest BCUT2D eigenvalue weighted by atomic mass is 32.1. The first-order valence-electron chi connectivity index (χ1n) is 12.4. The van der Waals surface area contributed by atoms with Crippen molar-refractivity contribution in [3.8, 4) is 0 Å². The Labute approximate surface area is 196 Å². The van der Waals surface area contributed by atoms with Crippen LogP contribution in [0.4, 0.5) is 0 Å². The Morgan fingerprint density at radius 2 is 2.00 bits per heavy atom. The number of thiophene rings is 1. The maximum absolute atomic E-state index is 13.4. The molecule has 3 atom stereocenters. The molecule has 3 aliphatic heterocycles. The molecule has 0 aliphatic carbocycles. The van der Waals surface area contributed by atoms with Crippen LogP contribution in [0.3, 0.4) is 0 Å². The van der Waals surface area contributed by atoms with Gasteiger partial charge in [0.05, 0.1) is 0 Å². The lowest BCUT2D eigenvalue weighted by atomic mass is 9.84. The summed E-state index contributed by atoms with van der Waals surface area (Å²) in [6.07, 6.45) is 9.09. The zero-order chi connectivity index (χ0) is 22.3. The molecule has 1 N–H and O–H groups in total. The number of piperidine rings is 2. The van der Waals surface area contributed by atoms with Gasteiger partial charge >= 0.3 is 0 Å². The average Bonchev–Trinajstić information content (AvgIpc) is 3.38. The molecule has 178 valence electrons. The number of amides is 1.